The average molecular weight is 288 g/mol. The van der Waals surface area contributed by atoms with Crippen LogP contribution in [0.2, 0.25) is 0 Å². The fraction of sp³-hybridized carbons (Fsp3) is 0.667. The quantitative estimate of drug-likeness (QED) is 0.842. The number of likely N-dealkylation sites (tertiary alicyclic amines) is 1. The van der Waals surface area contributed by atoms with Crippen LogP contribution in [0.15, 0.2) is 30.3 Å². The Morgan fingerprint density at radius 1 is 1.14 bits per heavy atom. The van der Waals surface area contributed by atoms with Crippen molar-refractivity contribution in [1.82, 2.24) is 10.2 Å². The van der Waals surface area contributed by atoms with Crippen molar-refractivity contribution in [2.24, 2.45) is 11.8 Å². The molecule has 0 bridgehead atoms. The van der Waals surface area contributed by atoms with E-state index in [4.69, 9.17) is 0 Å². The van der Waals surface area contributed by atoms with Crippen LogP contribution in [0.4, 0.5) is 0 Å². The number of aliphatic hydroxyl groups is 1. The Hall–Kier alpha value is -0.900. The van der Waals surface area contributed by atoms with E-state index in [0.717, 1.165) is 31.5 Å². The SMILES string of the molecule is CC1CN(CC(CO)(NC2CC2)c2ccccc2)CC1C. The molecule has 3 rings (SSSR count). The van der Waals surface area contributed by atoms with Crippen molar-refractivity contribution in [2.75, 3.05) is 26.2 Å². The maximum Gasteiger partial charge on any atom is 0.0799 e. The lowest BCUT2D eigenvalue weighted by molar-refractivity contribution is 0.113. The summed E-state index contributed by atoms with van der Waals surface area (Å²) < 4.78 is 0. The minimum Gasteiger partial charge on any atom is -0.394 e. The number of aliphatic hydroxyl groups excluding tert-OH is 1. The summed E-state index contributed by atoms with van der Waals surface area (Å²) in [6, 6.07) is 11.1. The summed E-state index contributed by atoms with van der Waals surface area (Å²) in [5.41, 5.74) is 0.901. The van der Waals surface area contributed by atoms with Gasteiger partial charge in [-0.2, -0.15) is 0 Å². The molecular weight excluding hydrogens is 260 g/mol. The van der Waals surface area contributed by atoms with Gasteiger partial charge in [0.1, 0.15) is 0 Å². The van der Waals surface area contributed by atoms with Crippen molar-refractivity contribution in [3.05, 3.63) is 35.9 Å². The molecule has 1 saturated carbocycles. The lowest BCUT2D eigenvalue weighted by Crippen LogP contribution is -2.54. The fourth-order valence-electron chi connectivity index (χ4n) is 3.54. The first-order chi connectivity index (χ1) is 10.1. The van der Waals surface area contributed by atoms with E-state index in [-0.39, 0.29) is 12.1 Å². The van der Waals surface area contributed by atoms with Crippen LogP contribution in [0, 0.1) is 11.8 Å². The third-order valence-corrected chi connectivity index (χ3v) is 5.21. The number of nitrogens with zero attached hydrogens (tertiary/aromatic N) is 1. The van der Waals surface area contributed by atoms with E-state index in [9.17, 15) is 5.11 Å². The standard InChI is InChI=1S/C18H28N2O/c1-14-10-20(11-15(14)2)12-18(13-21,19-17-8-9-17)16-6-4-3-5-7-16/h3-7,14-15,17,19,21H,8-13H2,1-2H3. The Kier molecular flexibility index (Phi) is 4.34. The van der Waals surface area contributed by atoms with Gasteiger partial charge in [-0.3, -0.25) is 0 Å². The highest BCUT2D eigenvalue weighted by molar-refractivity contribution is 5.26. The van der Waals surface area contributed by atoms with E-state index in [2.05, 4.69) is 48.3 Å². The number of nitrogens with one attached hydrogen (secondary N) is 1. The summed E-state index contributed by atoms with van der Waals surface area (Å²) in [6.07, 6.45) is 2.47. The van der Waals surface area contributed by atoms with Gasteiger partial charge < -0.3 is 15.3 Å². The molecule has 2 fully saturated rings. The monoisotopic (exact) mass is 288 g/mol. The van der Waals surface area contributed by atoms with Crippen LogP contribution in [0.25, 0.3) is 0 Å². The fourth-order valence-corrected chi connectivity index (χ4v) is 3.54. The first-order valence-corrected chi connectivity index (χ1v) is 8.29. The molecule has 21 heavy (non-hydrogen) atoms. The van der Waals surface area contributed by atoms with Gasteiger partial charge in [-0.25, -0.2) is 0 Å². The molecule has 0 spiro atoms. The van der Waals surface area contributed by atoms with E-state index >= 15 is 0 Å². The molecule has 1 aromatic rings. The second-order valence-electron chi connectivity index (χ2n) is 7.17. The molecule has 0 aromatic heterocycles. The van der Waals surface area contributed by atoms with Gasteiger partial charge in [-0.1, -0.05) is 44.2 Å². The van der Waals surface area contributed by atoms with Gasteiger partial charge in [-0.15, -0.1) is 0 Å². The molecule has 2 aliphatic rings. The highest BCUT2D eigenvalue weighted by Gasteiger charge is 2.40. The lowest BCUT2D eigenvalue weighted by Gasteiger charge is -2.37. The van der Waals surface area contributed by atoms with E-state index in [1.54, 1.807) is 0 Å². The van der Waals surface area contributed by atoms with Crippen molar-refractivity contribution in [1.29, 1.82) is 0 Å². The first-order valence-electron chi connectivity index (χ1n) is 8.29. The molecule has 1 aliphatic carbocycles. The van der Waals surface area contributed by atoms with Crippen molar-refractivity contribution >= 4 is 0 Å². The Morgan fingerprint density at radius 2 is 1.76 bits per heavy atom. The molecule has 3 unspecified atom stereocenters. The predicted molar refractivity (Wildman–Crippen MR) is 86.1 cm³/mol. The topological polar surface area (TPSA) is 35.5 Å². The van der Waals surface area contributed by atoms with Crippen molar-refractivity contribution < 1.29 is 5.11 Å². The van der Waals surface area contributed by atoms with E-state index < -0.39 is 0 Å². The Labute approximate surface area is 128 Å². The molecule has 3 atom stereocenters. The number of hydrogen-bond acceptors (Lipinski definition) is 3. The van der Waals surface area contributed by atoms with Gasteiger partial charge in [0.2, 0.25) is 0 Å². The molecule has 1 aromatic carbocycles. The summed E-state index contributed by atoms with van der Waals surface area (Å²) in [7, 11) is 0. The van der Waals surface area contributed by atoms with E-state index in [1.807, 2.05) is 6.07 Å². The van der Waals surface area contributed by atoms with Gasteiger partial charge in [0, 0.05) is 25.7 Å². The zero-order chi connectivity index (χ0) is 14.9. The van der Waals surface area contributed by atoms with Crippen LogP contribution >= 0.6 is 0 Å². The smallest absolute Gasteiger partial charge is 0.0799 e. The summed E-state index contributed by atoms with van der Waals surface area (Å²) in [4.78, 5) is 2.52. The van der Waals surface area contributed by atoms with E-state index in [1.165, 1.54) is 18.4 Å². The summed E-state index contributed by atoms with van der Waals surface area (Å²) in [5.74, 6) is 1.50. The minimum atomic E-state index is -0.313. The molecule has 1 heterocycles. The van der Waals surface area contributed by atoms with Crippen LogP contribution in [0.1, 0.15) is 32.3 Å². The van der Waals surface area contributed by atoms with Gasteiger partial charge >= 0.3 is 0 Å². The Morgan fingerprint density at radius 3 is 2.29 bits per heavy atom. The summed E-state index contributed by atoms with van der Waals surface area (Å²) in [6.45, 7) is 8.01. The number of benzene rings is 1. The van der Waals surface area contributed by atoms with E-state index in [0.29, 0.717) is 6.04 Å². The van der Waals surface area contributed by atoms with Gasteiger partial charge in [-0.05, 0) is 30.2 Å². The molecule has 1 aliphatic heterocycles. The molecule has 1 saturated heterocycles. The molecule has 0 radical (unpaired) electrons. The van der Waals surface area contributed by atoms with Crippen molar-refractivity contribution in [3.8, 4) is 0 Å². The van der Waals surface area contributed by atoms with Crippen molar-refractivity contribution in [2.45, 2.75) is 38.3 Å². The molecule has 116 valence electrons. The predicted octanol–water partition coefficient (Wildman–Crippen LogP) is 2.21. The van der Waals surface area contributed by atoms with Crippen LogP contribution in [-0.4, -0.2) is 42.3 Å². The van der Waals surface area contributed by atoms with Crippen LogP contribution in [-0.2, 0) is 5.54 Å². The molecule has 2 N–H and O–H groups in total. The van der Waals surface area contributed by atoms with Gasteiger partial charge in [0.25, 0.3) is 0 Å². The second-order valence-corrected chi connectivity index (χ2v) is 7.17. The second kappa shape index (κ2) is 6.07. The highest BCUT2D eigenvalue weighted by atomic mass is 16.3. The maximum atomic E-state index is 10.2. The third-order valence-electron chi connectivity index (χ3n) is 5.21. The zero-order valence-electron chi connectivity index (χ0n) is 13.3. The van der Waals surface area contributed by atoms with Crippen LogP contribution in [0.5, 0.6) is 0 Å². The number of hydrogen-bond donors (Lipinski definition) is 2. The summed E-state index contributed by atoms with van der Waals surface area (Å²) >= 11 is 0. The van der Waals surface area contributed by atoms with Gasteiger partial charge in [0.15, 0.2) is 0 Å². The largest absolute Gasteiger partial charge is 0.394 e. The normalized spacial score (nSPS) is 29.5. The van der Waals surface area contributed by atoms with Crippen LogP contribution < -0.4 is 5.32 Å². The third kappa shape index (κ3) is 3.31. The molecule has 3 heteroatoms. The van der Waals surface area contributed by atoms with Crippen LogP contribution in [0.3, 0.4) is 0 Å². The Bertz CT molecular complexity index is 450. The average Bonchev–Trinajstić information content (AvgIpc) is 3.25. The summed E-state index contributed by atoms with van der Waals surface area (Å²) in [5, 5.41) is 13.9. The lowest BCUT2D eigenvalue weighted by atomic mass is 9.89. The molecule has 3 nitrogen and oxygen atoms in total. The van der Waals surface area contributed by atoms with Crippen molar-refractivity contribution in [3.63, 3.8) is 0 Å². The minimum absolute atomic E-state index is 0.159. The Balaban J connectivity index is 1.81. The van der Waals surface area contributed by atoms with Gasteiger partial charge in [0.05, 0.1) is 12.1 Å². The molecular formula is C18H28N2O. The first kappa shape index (κ1) is 15.0. The number of rotatable bonds is 6. The molecule has 0 amide bonds. The maximum absolute atomic E-state index is 10.2. The zero-order valence-corrected chi connectivity index (χ0v) is 13.3. The highest BCUT2D eigenvalue weighted by Crippen LogP contribution is 2.32.